The molecule has 0 spiro atoms. The summed E-state index contributed by atoms with van der Waals surface area (Å²) in [5.41, 5.74) is 1.75. The minimum Gasteiger partial charge on any atom is -0.381 e. The Morgan fingerprint density at radius 1 is 1.53 bits per heavy atom. The van der Waals surface area contributed by atoms with Crippen LogP contribution in [0.2, 0.25) is 0 Å². The number of nitrogens with zero attached hydrogens (tertiary/aromatic N) is 2. The van der Waals surface area contributed by atoms with Crippen LogP contribution < -0.4 is 5.32 Å². The second kappa shape index (κ2) is 4.72. The van der Waals surface area contributed by atoms with Crippen LogP contribution in [-0.2, 0) is 11.3 Å². The van der Waals surface area contributed by atoms with Crippen LogP contribution in [0.25, 0.3) is 0 Å². The van der Waals surface area contributed by atoms with Crippen molar-refractivity contribution in [3.63, 3.8) is 0 Å². The average Bonchev–Trinajstić information content (AvgIpc) is 2.85. The summed E-state index contributed by atoms with van der Waals surface area (Å²) in [5.74, 6) is 0.616. The van der Waals surface area contributed by atoms with Crippen LogP contribution in [0.3, 0.4) is 0 Å². The van der Waals surface area contributed by atoms with Gasteiger partial charge in [0, 0.05) is 19.2 Å². The summed E-state index contributed by atoms with van der Waals surface area (Å²) in [6.07, 6.45) is 1.14. The summed E-state index contributed by atoms with van der Waals surface area (Å²) in [4.78, 5) is 0. The Morgan fingerprint density at radius 3 is 3.00 bits per heavy atom. The molecule has 84 valence electrons. The topological polar surface area (TPSA) is 60.2 Å². The number of hydrogen-bond donors (Lipinski definition) is 1. The number of aromatic nitrogens is 2. The molecule has 0 bridgehead atoms. The van der Waals surface area contributed by atoms with Crippen molar-refractivity contribution < 1.29 is 9.37 Å². The van der Waals surface area contributed by atoms with Crippen LogP contribution in [-0.4, -0.2) is 29.6 Å². The Bertz CT molecular complexity index is 307. The zero-order valence-corrected chi connectivity index (χ0v) is 9.19. The number of rotatable bonds is 4. The van der Waals surface area contributed by atoms with E-state index in [4.69, 9.17) is 4.74 Å². The van der Waals surface area contributed by atoms with E-state index in [-0.39, 0.29) is 0 Å². The number of aryl methyl sites for hydroxylation is 1. The average molecular weight is 211 g/mol. The molecule has 2 rings (SSSR count). The molecule has 1 saturated heterocycles. The molecule has 1 N–H and O–H groups in total. The second-order valence-electron chi connectivity index (χ2n) is 4.09. The quantitative estimate of drug-likeness (QED) is 0.801. The molecule has 5 nitrogen and oxygen atoms in total. The maximum absolute atomic E-state index is 5.35. The van der Waals surface area contributed by atoms with Crippen molar-refractivity contribution in [3.8, 4) is 0 Å². The third-order valence-corrected chi connectivity index (χ3v) is 3.01. The third kappa shape index (κ3) is 2.54. The van der Waals surface area contributed by atoms with Crippen molar-refractivity contribution in [1.82, 2.24) is 15.6 Å². The Kier molecular flexibility index (Phi) is 3.33. The first-order valence-electron chi connectivity index (χ1n) is 5.36. The van der Waals surface area contributed by atoms with Gasteiger partial charge in [0.2, 0.25) is 0 Å². The highest BCUT2D eigenvalue weighted by atomic mass is 16.6. The molecule has 1 aromatic rings. The molecule has 0 aliphatic carbocycles. The van der Waals surface area contributed by atoms with Crippen LogP contribution in [0.1, 0.15) is 24.7 Å². The van der Waals surface area contributed by atoms with Crippen LogP contribution in [0.4, 0.5) is 0 Å². The standard InChI is InChI=1S/C10H17N3O2/c1-7(9-3-4-14-6-9)11-5-10-8(2)12-15-13-10/h7,9,11H,3-6H2,1-2H3. The van der Waals surface area contributed by atoms with E-state index < -0.39 is 0 Å². The highest BCUT2D eigenvalue weighted by Crippen LogP contribution is 2.16. The Morgan fingerprint density at radius 2 is 2.40 bits per heavy atom. The van der Waals surface area contributed by atoms with Crippen LogP contribution in [0.15, 0.2) is 4.63 Å². The molecule has 2 heterocycles. The SMILES string of the molecule is Cc1nonc1CNC(C)C1CCOC1. The van der Waals surface area contributed by atoms with Gasteiger partial charge < -0.3 is 10.1 Å². The molecule has 0 saturated carbocycles. The molecule has 1 fully saturated rings. The van der Waals surface area contributed by atoms with E-state index in [1.54, 1.807) is 0 Å². The molecule has 0 amide bonds. The second-order valence-corrected chi connectivity index (χ2v) is 4.09. The molecule has 1 aromatic heterocycles. The summed E-state index contributed by atoms with van der Waals surface area (Å²) in [6.45, 7) is 6.55. The molecule has 15 heavy (non-hydrogen) atoms. The fourth-order valence-electron chi connectivity index (χ4n) is 1.78. The molecule has 2 atom stereocenters. The molecular weight excluding hydrogens is 194 g/mol. The van der Waals surface area contributed by atoms with Gasteiger partial charge in [-0.1, -0.05) is 10.3 Å². The van der Waals surface area contributed by atoms with Gasteiger partial charge in [0.25, 0.3) is 0 Å². The van der Waals surface area contributed by atoms with Gasteiger partial charge in [-0.15, -0.1) is 0 Å². The van der Waals surface area contributed by atoms with Crippen molar-refractivity contribution in [2.45, 2.75) is 32.9 Å². The largest absolute Gasteiger partial charge is 0.381 e. The summed E-state index contributed by atoms with van der Waals surface area (Å²) in [5, 5.41) is 11.0. The lowest BCUT2D eigenvalue weighted by Crippen LogP contribution is -2.33. The van der Waals surface area contributed by atoms with Crippen molar-refractivity contribution >= 4 is 0 Å². The molecule has 1 aliphatic rings. The molecule has 0 radical (unpaired) electrons. The van der Waals surface area contributed by atoms with Crippen molar-refractivity contribution in [3.05, 3.63) is 11.4 Å². The molecular formula is C10H17N3O2. The van der Waals surface area contributed by atoms with Gasteiger partial charge in [0.05, 0.1) is 6.61 Å². The molecule has 5 heteroatoms. The monoisotopic (exact) mass is 211 g/mol. The predicted octanol–water partition coefficient (Wildman–Crippen LogP) is 0.893. The third-order valence-electron chi connectivity index (χ3n) is 3.01. The van der Waals surface area contributed by atoms with E-state index in [2.05, 4.69) is 27.2 Å². The normalized spacial score (nSPS) is 23.2. The number of hydrogen-bond acceptors (Lipinski definition) is 5. The number of nitrogens with one attached hydrogen (secondary N) is 1. The summed E-state index contributed by atoms with van der Waals surface area (Å²) < 4.78 is 9.99. The van der Waals surface area contributed by atoms with Gasteiger partial charge in [-0.25, -0.2) is 4.63 Å². The van der Waals surface area contributed by atoms with E-state index in [0.29, 0.717) is 18.5 Å². The Hall–Kier alpha value is -0.940. The summed E-state index contributed by atoms with van der Waals surface area (Å²) in [7, 11) is 0. The number of ether oxygens (including phenoxy) is 1. The Balaban J connectivity index is 1.80. The van der Waals surface area contributed by atoms with Gasteiger partial charge in [0.15, 0.2) is 0 Å². The first-order chi connectivity index (χ1) is 7.27. The fraction of sp³-hybridized carbons (Fsp3) is 0.800. The molecule has 0 aromatic carbocycles. The van der Waals surface area contributed by atoms with Crippen LogP contribution >= 0.6 is 0 Å². The first-order valence-corrected chi connectivity index (χ1v) is 5.36. The van der Waals surface area contributed by atoms with Crippen molar-refractivity contribution in [2.24, 2.45) is 5.92 Å². The Labute approximate surface area is 89.1 Å². The summed E-state index contributed by atoms with van der Waals surface area (Å²) >= 11 is 0. The lowest BCUT2D eigenvalue weighted by Gasteiger charge is -2.18. The smallest absolute Gasteiger partial charge is 0.121 e. The molecule has 1 aliphatic heterocycles. The van der Waals surface area contributed by atoms with E-state index in [1.807, 2.05) is 6.92 Å². The van der Waals surface area contributed by atoms with Crippen LogP contribution in [0.5, 0.6) is 0 Å². The highest BCUT2D eigenvalue weighted by molar-refractivity contribution is 5.04. The zero-order chi connectivity index (χ0) is 10.7. The highest BCUT2D eigenvalue weighted by Gasteiger charge is 2.22. The minimum atomic E-state index is 0.448. The minimum absolute atomic E-state index is 0.448. The lowest BCUT2D eigenvalue weighted by molar-refractivity contribution is 0.178. The summed E-state index contributed by atoms with van der Waals surface area (Å²) in [6, 6.07) is 0.448. The zero-order valence-electron chi connectivity index (χ0n) is 9.19. The van der Waals surface area contributed by atoms with E-state index in [0.717, 1.165) is 31.0 Å². The van der Waals surface area contributed by atoms with Crippen molar-refractivity contribution in [1.29, 1.82) is 0 Å². The van der Waals surface area contributed by atoms with Crippen molar-refractivity contribution in [2.75, 3.05) is 13.2 Å². The fourth-order valence-corrected chi connectivity index (χ4v) is 1.78. The van der Waals surface area contributed by atoms with Crippen LogP contribution in [0, 0.1) is 12.8 Å². The lowest BCUT2D eigenvalue weighted by atomic mass is 10.0. The van der Waals surface area contributed by atoms with Gasteiger partial charge >= 0.3 is 0 Å². The van der Waals surface area contributed by atoms with E-state index in [1.165, 1.54) is 0 Å². The van der Waals surface area contributed by atoms with Gasteiger partial charge in [-0.2, -0.15) is 0 Å². The van der Waals surface area contributed by atoms with Gasteiger partial charge in [-0.3, -0.25) is 0 Å². The molecule has 2 unspecified atom stereocenters. The first kappa shape index (κ1) is 10.6. The maximum Gasteiger partial charge on any atom is 0.121 e. The van der Waals surface area contributed by atoms with E-state index in [9.17, 15) is 0 Å². The predicted molar refractivity (Wildman–Crippen MR) is 54.3 cm³/mol. The van der Waals surface area contributed by atoms with E-state index >= 15 is 0 Å². The van der Waals surface area contributed by atoms with Gasteiger partial charge in [0.1, 0.15) is 11.4 Å². The van der Waals surface area contributed by atoms with Gasteiger partial charge in [-0.05, 0) is 26.2 Å². The maximum atomic E-state index is 5.35.